The van der Waals surface area contributed by atoms with Crippen LogP contribution in [0.25, 0.3) is 0 Å². The van der Waals surface area contributed by atoms with Gasteiger partial charge in [0, 0.05) is 18.7 Å². The van der Waals surface area contributed by atoms with Crippen LogP contribution in [0.4, 0.5) is 10.1 Å². The highest BCUT2D eigenvalue weighted by atomic mass is 19.1. The SMILES string of the molecule is O=C(Cc1ccccc1)N(CCc1ccc(F)cc1)c1ccc2c(c1)CCO2. The van der Waals surface area contributed by atoms with Gasteiger partial charge in [-0.3, -0.25) is 4.79 Å². The number of hydrogen-bond donors (Lipinski definition) is 0. The Morgan fingerprint density at radius 2 is 1.75 bits per heavy atom. The number of amides is 1. The molecule has 1 aliphatic heterocycles. The van der Waals surface area contributed by atoms with Gasteiger partial charge in [0.15, 0.2) is 0 Å². The fourth-order valence-corrected chi connectivity index (χ4v) is 3.50. The average Bonchev–Trinajstić information content (AvgIpc) is 3.18. The molecule has 1 aliphatic rings. The second-order valence-electron chi connectivity index (χ2n) is 6.97. The Hall–Kier alpha value is -3.14. The van der Waals surface area contributed by atoms with E-state index in [1.807, 2.05) is 47.4 Å². The molecule has 0 aliphatic carbocycles. The van der Waals surface area contributed by atoms with Gasteiger partial charge in [0.1, 0.15) is 11.6 Å². The summed E-state index contributed by atoms with van der Waals surface area (Å²) in [5.74, 6) is 0.698. The van der Waals surface area contributed by atoms with E-state index in [1.54, 1.807) is 12.1 Å². The first-order valence-electron chi connectivity index (χ1n) is 9.53. The molecule has 3 aromatic carbocycles. The van der Waals surface area contributed by atoms with Crippen LogP contribution < -0.4 is 9.64 Å². The lowest BCUT2D eigenvalue weighted by molar-refractivity contribution is -0.118. The van der Waals surface area contributed by atoms with E-state index in [-0.39, 0.29) is 11.7 Å². The number of carbonyl (C=O) groups excluding carboxylic acids is 1. The van der Waals surface area contributed by atoms with Crippen LogP contribution in [0.5, 0.6) is 5.75 Å². The third-order valence-electron chi connectivity index (χ3n) is 5.02. The van der Waals surface area contributed by atoms with E-state index >= 15 is 0 Å². The Bertz CT molecular complexity index is 954. The third-order valence-corrected chi connectivity index (χ3v) is 5.02. The largest absolute Gasteiger partial charge is 0.493 e. The van der Waals surface area contributed by atoms with Crippen molar-refractivity contribution in [1.29, 1.82) is 0 Å². The fraction of sp³-hybridized carbons (Fsp3) is 0.208. The minimum Gasteiger partial charge on any atom is -0.493 e. The Kier molecular flexibility index (Phi) is 5.38. The quantitative estimate of drug-likeness (QED) is 0.631. The lowest BCUT2D eigenvalue weighted by atomic mass is 10.1. The van der Waals surface area contributed by atoms with Crippen LogP contribution in [0.2, 0.25) is 0 Å². The first-order chi connectivity index (χ1) is 13.7. The number of halogens is 1. The Morgan fingerprint density at radius 3 is 2.54 bits per heavy atom. The summed E-state index contributed by atoms with van der Waals surface area (Å²) >= 11 is 0. The van der Waals surface area contributed by atoms with Crippen LogP contribution >= 0.6 is 0 Å². The van der Waals surface area contributed by atoms with Crippen LogP contribution in [0.15, 0.2) is 72.8 Å². The molecule has 0 aromatic heterocycles. The Morgan fingerprint density at radius 1 is 0.964 bits per heavy atom. The fourth-order valence-electron chi connectivity index (χ4n) is 3.50. The summed E-state index contributed by atoms with van der Waals surface area (Å²) in [4.78, 5) is 15.0. The zero-order valence-corrected chi connectivity index (χ0v) is 15.6. The lowest BCUT2D eigenvalue weighted by Gasteiger charge is -2.24. The molecule has 4 heteroatoms. The summed E-state index contributed by atoms with van der Waals surface area (Å²) in [7, 11) is 0. The van der Waals surface area contributed by atoms with Gasteiger partial charge in [-0.15, -0.1) is 0 Å². The van der Waals surface area contributed by atoms with E-state index in [9.17, 15) is 9.18 Å². The molecule has 0 radical (unpaired) electrons. The van der Waals surface area contributed by atoms with Gasteiger partial charge in [-0.1, -0.05) is 42.5 Å². The highest BCUT2D eigenvalue weighted by Gasteiger charge is 2.19. The molecule has 28 heavy (non-hydrogen) atoms. The lowest BCUT2D eigenvalue weighted by Crippen LogP contribution is -2.34. The summed E-state index contributed by atoms with van der Waals surface area (Å²) in [6, 6.07) is 22.1. The molecule has 0 bridgehead atoms. The van der Waals surface area contributed by atoms with Gasteiger partial charge in [-0.25, -0.2) is 4.39 Å². The van der Waals surface area contributed by atoms with Crippen molar-refractivity contribution in [1.82, 2.24) is 0 Å². The van der Waals surface area contributed by atoms with E-state index in [4.69, 9.17) is 4.74 Å². The molecule has 0 N–H and O–H groups in total. The Balaban J connectivity index is 1.56. The molecule has 1 amide bonds. The number of carbonyl (C=O) groups is 1. The molecule has 0 fully saturated rings. The van der Waals surface area contributed by atoms with E-state index in [2.05, 4.69) is 6.07 Å². The third kappa shape index (κ3) is 4.22. The van der Waals surface area contributed by atoms with E-state index in [0.29, 0.717) is 26.0 Å². The number of fused-ring (bicyclic) bond motifs is 1. The monoisotopic (exact) mass is 375 g/mol. The van der Waals surface area contributed by atoms with Gasteiger partial charge in [0.25, 0.3) is 0 Å². The number of ether oxygens (including phenoxy) is 1. The average molecular weight is 375 g/mol. The zero-order valence-electron chi connectivity index (χ0n) is 15.6. The van der Waals surface area contributed by atoms with Crippen molar-refractivity contribution in [3.8, 4) is 5.75 Å². The summed E-state index contributed by atoms with van der Waals surface area (Å²) in [6.45, 7) is 1.23. The van der Waals surface area contributed by atoms with Crippen LogP contribution in [-0.4, -0.2) is 19.1 Å². The topological polar surface area (TPSA) is 29.5 Å². The normalized spacial score (nSPS) is 12.3. The van der Waals surface area contributed by atoms with Crippen molar-refractivity contribution in [2.24, 2.45) is 0 Å². The smallest absolute Gasteiger partial charge is 0.231 e. The predicted molar refractivity (Wildman–Crippen MR) is 108 cm³/mol. The van der Waals surface area contributed by atoms with Gasteiger partial charge < -0.3 is 9.64 Å². The van der Waals surface area contributed by atoms with Crippen molar-refractivity contribution in [3.05, 3.63) is 95.3 Å². The van der Waals surface area contributed by atoms with Gasteiger partial charge in [-0.05, 0) is 53.4 Å². The summed E-state index contributed by atoms with van der Waals surface area (Å²) in [6.07, 6.45) is 1.87. The second kappa shape index (κ2) is 8.26. The van der Waals surface area contributed by atoms with Crippen LogP contribution in [0.1, 0.15) is 16.7 Å². The maximum absolute atomic E-state index is 13.2. The van der Waals surface area contributed by atoms with Crippen LogP contribution in [0.3, 0.4) is 0 Å². The molecule has 4 rings (SSSR count). The standard InChI is InChI=1S/C24H22FNO2/c25-21-8-6-18(7-9-21)12-14-26(24(27)16-19-4-2-1-3-5-19)22-10-11-23-20(17-22)13-15-28-23/h1-11,17H,12-16H2. The molecule has 0 unspecified atom stereocenters. The molecule has 142 valence electrons. The molecule has 1 heterocycles. The summed E-state index contributed by atoms with van der Waals surface area (Å²) < 4.78 is 18.8. The van der Waals surface area contributed by atoms with Gasteiger partial charge in [0.05, 0.1) is 13.0 Å². The molecule has 0 saturated carbocycles. The number of benzene rings is 3. The second-order valence-corrected chi connectivity index (χ2v) is 6.97. The van der Waals surface area contributed by atoms with Gasteiger partial charge in [0.2, 0.25) is 5.91 Å². The Labute approximate surface area is 164 Å². The zero-order chi connectivity index (χ0) is 19.3. The highest BCUT2D eigenvalue weighted by molar-refractivity contribution is 5.95. The predicted octanol–water partition coefficient (Wildman–Crippen LogP) is 4.58. The number of nitrogens with zero attached hydrogens (tertiary/aromatic N) is 1. The maximum Gasteiger partial charge on any atom is 0.231 e. The number of anilines is 1. The van der Waals surface area contributed by atoms with E-state index in [0.717, 1.165) is 34.5 Å². The minimum absolute atomic E-state index is 0.0483. The highest BCUT2D eigenvalue weighted by Crippen LogP contribution is 2.30. The van der Waals surface area contributed by atoms with Crippen LogP contribution in [-0.2, 0) is 24.1 Å². The maximum atomic E-state index is 13.2. The van der Waals surface area contributed by atoms with Crippen LogP contribution in [0, 0.1) is 5.82 Å². The summed E-state index contributed by atoms with van der Waals surface area (Å²) in [5.41, 5.74) is 4.01. The molecule has 3 nitrogen and oxygen atoms in total. The molecule has 0 spiro atoms. The van der Waals surface area contributed by atoms with Crippen molar-refractivity contribution < 1.29 is 13.9 Å². The van der Waals surface area contributed by atoms with Crippen molar-refractivity contribution in [2.75, 3.05) is 18.1 Å². The molecular formula is C24H22FNO2. The van der Waals surface area contributed by atoms with Crippen molar-refractivity contribution in [3.63, 3.8) is 0 Å². The molecular weight excluding hydrogens is 353 g/mol. The number of rotatable bonds is 6. The minimum atomic E-state index is -0.251. The van der Waals surface area contributed by atoms with Gasteiger partial charge >= 0.3 is 0 Å². The van der Waals surface area contributed by atoms with E-state index in [1.165, 1.54) is 12.1 Å². The van der Waals surface area contributed by atoms with E-state index < -0.39 is 0 Å². The molecule has 0 atom stereocenters. The van der Waals surface area contributed by atoms with Crippen molar-refractivity contribution >= 4 is 11.6 Å². The molecule has 3 aromatic rings. The summed E-state index contributed by atoms with van der Waals surface area (Å²) in [5, 5.41) is 0. The number of hydrogen-bond acceptors (Lipinski definition) is 2. The first kappa shape index (κ1) is 18.2. The first-order valence-corrected chi connectivity index (χ1v) is 9.53. The van der Waals surface area contributed by atoms with Crippen molar-refractivity contribution in [2.45, 2.75) is 19.3 Å². The van der Waals surface area contributed by atoms with Gasteiger partial charge in [-0.2, -0.15) is 0 Å². The molecule has 0 saturated heterocycles.